The summed E-state index contributed by atoms with van der Waals surface area (Å²) in [5, 5.41) is 0. The Morgan fingerprint density at radius 2 is 1.85 bits per heavy atom. The van der Waals surface area contributed by atoms with Gasteiger partial charge < -0.3 is 13.9 Å². The largest absolute Gasteiger partial charge is 0.516 e. The van der Waals surface area contributed by atoms with E-state index >= 15 is 0 Å². The Bertz CT molecular complexity index is 490. The number of aromatic nitrogens is 2. The molecule has 2 heterocycles. The van der Waals surface area contributed by atoms with Crippen molar-refractivity contribution in [2.75, 3.05) is 0 Å². The van der Waals surface area contributed by atoms with Gasteiger partial charge in [-0.1, -0.05) is 6.92 Å². The highest BCUT2D eigenvalue weighted by Crippen LogP contribution is 2.37. The molecule has 1 aromatic heterocycles. The van der Waals surface area contributed by atoms with Crippen molar-refractivity contribution in [2.45, 2.75) is 77.5 Å². The number of imidazole rings is 1. The molecule has 3 rings (SSSR count). The Balaban J connectivity index is 1.86. The lowest BCUT2D eigenvalue weighted by Crippen LogP contribution is -2.41. The highest BCUT2D eigenvalue weighted by Gasteiger charge is 2.52. The lowest BCUT2D eigenvalue weighted by atomic mass is 9.85. The summed E-state index contributed by atoms with van der Waals surface area (Å²) in [5.74, 6) is 1.15. The summed E-state index contributed by atoms with van der Waals surface area (Å²) < 4.78 is 14.5. The van der Waals surface area contributed by atoms with Crippen molar-refractivity contribution in [2.24, 2.45) is 0 Å². The molecule has 1 aromatic rings. The second-order valence-electron chi connectivity index (χ2n) is 7.02. The molecule has 1 saturated heterocycles. The van der Waals surface area contributed by atoms with Crippen molar-refractivity contribution in [1.82, 2.24) is 9.55 Å². The van der Waals surface area contributed by atoms with Crippen molar-refractivity contribution in [3.63, 3.8) is 0 Å². The maximum Gasteiger partial charge on any atom is 0.516 e. The van der Waals surface area contributed by atoms with Crippen LogP contribution in [0.4, 0.5) is 0 Å². The smallest absolute Gasteiger partial charge is 0.398 e. The van der Waals surface area contributed by atoms with Crippen LogP contribution < -0.4 is 5.59 Å². The van der Waals surface area contributed by atoms with E-state index in [1.165, 1.54) is 19.3 Å². The van der Waals surface area contributed by atoms with Gasteiger partial charge in [-0.25, -0.2) is 4.98 Å². The fourth-order valence-electron chi connectivity index (χ4n) is 2.77. The van der Waals surface area contributed by atoms with Crippen LogP contribution in [0.3, 0.4) is 0 Å². The Morgan fingerprint density at radius 1 is 1.25 bits per heavy atom. The zero-order valence-corrected chi connectivity index (χ0v) is 13.3. The first-order valence-corrected chi connectivity index (χ1v) is 7.77. The molecular weight excluding hydrogens is 251 g/mol. The lowest BCUT2D eigenvalue weighted by Gasteiger charge is -2.32. The van der Waals surface area contributed by atoms with Crippen molar-refractivity contribution >= 4 is 12.7 Å². The predicted octanol–water partition coefficient (Wildman–Crippen LogP) is 2.47. The van der Waals surface area contributed by atoms with E-state index in [0.29, 0.717) is 6.04 Å². The Hall–Kier alpha value is -0.805. The molecule has 0 radical (unpaired) electrons. The van der Waals surface area contributed by atoms with Gasteiger partial charge in [0.1, 0.15) is 5.82 Å². The average molecular weight is 276 g/mol. The van der Waals surface area contributed by atoms with Crippen LogP contribution in [-0.4, -0.2) is 27.9 Å². The molecule has 1 aliphatic heterocycles. The molecule has 0 unspecified atom stereocenters. The minimum atomic E-state index is -0.341. The standard InChI is InChI=1S/C15H25BN2O2/c1-6-13-17-12(10-18(13)11-8-7-9-11)16-19-14(2,3)15(4,5)20-16/h10-11H,6-9H2,1-5H3. The quantitative estimate of drug-likeness (QED) is 0.796. The molecule has 1 saturated carbocycles. The number of hydrogen-bond acceptors (Lipinski definition) is 3. The summed E-state index contributed by atoms with van der Waals surface area (Å²) in [6.07, 6.45) is 6.97. The molecule has 0 bridgehead atoms. The first-order valence-electron chi connectivity index (χ1n) is 7.77. The van der Waals surface area contributed by atoms with Gasteiger partial charge in [-0.3, -0.25) is 0 Å². The summed E-state index contributed by atoms with van der Waals surface area (Å²) in [6.45, 7) is 10.5. The third-order valence-electron chi connectivity index (χ3n) is 5.11. The molecule has 0 aromatic carbocycles. The second-order valence-corrected chi connectivity index (χ2v) is 7.02. The summed E-state index contributed by atoms with van der Waals surface area (Å²) >= 11 is 0. The highest BCUT2D eigenvalue weighted by atomic mass is 16.7. The molecule has 2 aliphatic rings. The fraction of sp³-hybridized carbons (Fsp3) is 0.800. The van der Waals surface area contributed by atoms with Gasteiger partial charge in [0.15, 0.2) is 0 Å². The first-order chi connectivity index (χ1) is 9.34. The number of hydrogen-bond donors (Lipinski definition) is 0. The molecule has 20 heavy (non-hydrogen) atoms. The Morgan fingerprint density at radius 3 is 2.30 bits per heavy atom. The predicted molar refractivity (Wildman–Crippen MR) is 80.2 cm³/mol. The molecule has 0 atom stereocenters. The maximum absolute atomic E-state index is 6.10. The molecule has 0 amide bonds. The molecule has 5 heteroatoms. The van der Waals surface area contributed by atoms with Gasteiger partial charge in [-0.05, 0) is 47.0 Å². The molecule has 1 aliphatic carbocycles. The van der Waals surface area contributed by atoms with Crippen LogP contribution >= 0.6 is 0 Å². The third kappa shape index (κ3) is 2.11. The van der Waals surface area contributed by atoms with Crippen LogP contribution in [0.5, 0.6) is 0 Å². The van der Waals surface area contributed by atoms with E-state index in [4.69, 9.17) is 14.3 Å². The summed E-state index contributed by atoms with van der Waals surface area (Å²) in [6, 6.07) is 0.633. The maximum atomic E-state index is 6.10. The van der Waals surface area contributed by atoms with Crippen LogP contribution in [0.1, 0.15) is 65.7 Å². The van der Waals surface area contributed by atoms with Crippen LogP contribution in [0.2, 0.25) is 0 Å². The lowest BCUT2D eigenvalue weighted by molar-refractivity contribution is 0.00578. The van der Waals surface area contributed by atoms with Crippen molar-refractivity contribution in [1.29, 1.82) is 0 Å². The molecule has 0 N–H and O–H groups in total. The van der Waals surface area contributed by atoms with Gasteiger partial charge in [0.25, 0.3) is 0 Å². The molecule has 2 fully saturated rings. The summed E-state index contributed by atoms with van der Waals surface area (Å²) in [4.78, 5) is 4.76. The van der Waals surface area contributed by atoms with E-state index in [0.717, 1.165) is 17.8 Å². The van der Waals surface area contributed by atoms with Crippen LogP contribution in [0.15, 0.2) is 6.20 Å². The van der Waals surface area contributed by atoms with Crippen molar-refractivity contribution in [3.05, 3.63) is 12.0 Å². The van der Waals surface area contributed by atoms with Gasteiger partial charge >= 0.3 is 7.12 Å². The van der Waals surface area contributed by atoms with Crippen LogP contribution in [-0.2, 0) is 15.7 Å². The Kier molecular flexibility index (Phi) is 3.25. The zero-order chi connectivity index (χ0) is 14.5. The zero-order valence-electron chi connectivity index (χ0n) is 13.3. The van der Waals surface area contributed by atoms with Crippen LogP contribution in [0, 0.1) is 0 Å². The average Bonchev–Trinajstić information content (AvgIpc) is 2.77. The molecule has 0 spiro atoms. The van der Waals surface area contributed by atoms with Gasteiger partial charge in [0, 0.05) is 18.7 Å². The summed E-state index contributed by atoms with van der Waals surface area (Å²) in [7, 11) is -0.341. The third-order valence-corrected chi connectivity index (χ3v) is 5.11. The normalized spacial score (nSPS) is 24.9. The minimum absolute atomic E-state index is 0.301. The Labute approximate surface area is 122 Å². The monoisotopic (exact) mass is 276 g/mol. The van der Waals surface area contributed by atoms with E-state index in [-0.39, 0.29) is 18.3 Å². The number of aryl methyl sites for hydroxylation is 1. The highest BCUT2D eigenvalue weighted by molar-refractivity contribution is 6.61. The summed E-state index contributed by atoms with van der Waals surface area (Å²) in [5.41, 5.74) is 0.321. The van der Waals surface area contributed by atoms with E-state index in [2.05, 4.69) is 45.4 Å². The fourth-order valence-corrected chi connectivity index (χ4v) is 2.77. The number of nitrogens with zero attached hydrogens (tertiary/aromatic N) is 2. The van der Waals surface area contributed by atoms with E-state index in [1.807, 2.05) is 0 Å². The SMILES string of the molecule is CCc1nc(B2OC(C)(C)C(C)(C)O2)cn1C1CCC1. The minimum Gasteiger partial charge on any atom is -0.398 e. The van der Waals surface area contributed by atoms with Crippen molar-refractivity contribution in [3.8, 4) is 0 Å². The van der Waals surface area contributed by atoms with Gasteiger partial charge in [-0.2, -0.15) is 0 Å². The van der Waals surface area contributed by atoms with Gasteiger partial charge in [0.05, 0.1) is 16.8 Å². The van der Waals surface area contributed by atoms with Gasteiger partial charge in [-0.15, -0.1) is 0 Å². The van der Waals surface area contributed by atoms with Crippen molar-refractivity contribution < 1.29 is 9.31 Å². The van der Waals surface area contributed by atoms with E-state index in [9.17, 15) is 0 Å². The molecule has 110 valence electrons. The van der Waals surface area contributed by atoms with Crippen LogP contribution in [0.25, 0.3) is 0 Å². The number of rotatable bonds is 3. The van der Waals surface area contributed by atoms with E-state index < -0.39 is 0 Å². The first kappa shape index (κ1) is 14.1. The second kappa shape index (κ2) is 4.60. The topological polar surface area (TPSA) is 36.3 Å². The molecule has 4 nitrogen and oxygen atoms in total. The molecular formula is C15H25BN2O2. The van der Waals surface area contributed by atoms with Gasteiger partial charge in [0.2, 0.25) is 0 Å². The van der Waals surface area contributed by atoms with E-state index in [1.54, 1.807) is 0 Å².